The van der Waals surface area contributed by atoms with E-state index in [1.165, 1.54) is 11.1 Å². The van der Waals surface area contributed by atoms with Gasteiger partial charge in [-0.05, 0) is 87.1 Å². The molecule has 1 saturated carbocycles. The number of benzene rings is 2. The Bertz CT molecular complexity index is 1130. The van der Waals surface area contributed by atoms with E-state index < -0.39 is 0 Å². The molecule has 1 aromatic heterocycles. The summed E-state index contributed by atoms with van der Waals surface area (Å²) in [4.78, 5) is 11.6. The standard InChI is InChI=1S/C25H31BrN6S/c1-15-13-17(26)14-16(2)22(15)30-25(33)28-19-11-9-18(10-12-19)27-24-29-21-8-6-5-7-20(21)23(31-24)32(3)4/h5-8,13-14,18-19H,9-12H2,1-4H3,(H,27,29,31)(H2,28,30,33)/t18-,19+. The highest BCUT2D eigenvalue weighted by Gasteiger charge is 2.23. The van der Waals surface area contributed by atoms with Gasteiger partial charge in [-0.1, -0.05) is 28.1 Å². The fourth-order valence-electron chi connectivity index (χ4n) is 4.47. The highest BCUT2D eigenvalue weighted by molar-refractivity contribution is 9.10. The molecule has 0 bridgehead atoms. The Morgan fingerprint density at radius 2 is 1.64 bits per heavy atom. The van der Waals surface area contributed by atoms with Gasteiger partial charge in [-0.3, -0.25) is 0 Å². The summed E-state index contributed by atoms with van der Waals surface area (Å²) in [6.07, 6.45) is 4.19. The second kappa shape index (κ2) is 10.2. The second-order valence-corrected chi connectivity index (χ2v) is 10.3. The minimum Gasteiger partial charge on any atom is -0.362 e. The summed E-state index contributed by atoms with van der Waals surface area (Å²) >= 11 is 9.16. The Morgan fingerprint density at radius 1 is 1.00 bits per heavy atom. The van der Waals surface area contributed by atoms with Crippen molar-refractivity contribution < 1.29 is 0 Å². The van der Waals surface area contributed by atoms with Crippen molar-refractivity contribution in [3.63, 3.8) is 0 Å². The third kappa shape index (κ3) is 5.73. The Labute approximate surface area is 209 Å². The molecule has 1 heterocycles. The number of hydrogen-bond acceptors (Lipinski definition) is 5. The maximum absolute atomic E-state index is 5.61. The quantitative estimate of drug-likeness (QED) is 0.364. The average molecular weight is 528 g/mol. The van der Waals surface area contributed by atoms with E-state index in [2.05, 4.69) is 63.9 Å². The number of rotatable bonds is 5. The Morgan fingerprint density at radius 3 is 2.30 bits per heavy atom. The molecule has 174 valence electrons. The van der Waals surface area contributed by atoms with Crippen LogP contribution in [0.3, 0.4) is 0 Å². The van der Waals surface area contributed by atoms with Gasteiger partial charge >= 0.3 is 0 Å². The lowest BCUT2D eigenvalue weighted by Crippen LogP contribution is -2.42. The summed E-state index contributed by atoms with van der Waals surface area (Å²) in [5.41, 5.74) is 4.39. The zero-order valence-corrected chi connectivity index (χ0v) is 22.0. The number of anilines is 3. The monoisotopic (exact) mass is 526 g/mol. The third-order valence-corrected chi connectivity index (χ3v) is 6.82. The van der Waals surface area contributed by atoms with Crippen LogP contribution in [0.15, 0.2) is 40.9 Å². The molecule has 0 unspecified atom stereocenters. The molecule has 3 aromatic rings. The van der Waals surface area contributed by atoms with Crippen molar-refractivity contribution in [2.75, 3.05) is 29.6 Å². The van der Waals surface area contributed by atoms with Crippen LogP contribution < -0.4 is 20.9 Å². The topological polar surface area (TPSA) is 65.1 Å². The lowest BCUT2D eigenvalue weighted by molar-refractivity contribution is 0.387. The first kappa shape index (κ1) is 23.7. The zero-order valence-electron chi connectivity index (χ0n) is 19.6. The molecule has 0 saturated heterocycles. The largest absolute Gasteiger partial charge is 0.362 e. The number of para-hydroxylation sites is 1. The normalized spacial score (nSPS) is 18.1. The van der Waals surface area contributed by atoms with E-state index in [1.54, 1.807) is 0 Å². The summed E-state index contributed by atoms with van der Waals surface area (Å²) in [5, 5.41) is 12.2. The van der Waals surface area contributed by atoms with E-state index in [1.807, 2.05) is 37.2 Å². The van der Waals surface area contributed by atoms with Crippen molar-refractivity contribution in [2.45, 2.75) is 51.6 Å². The zero-order chi connectivity index (χ0) is 23.5. The highest BCUT2D eigenvalue weighted by Crippen LogP contribution is 2.27. The van der Waals surface area contributed by atoms with Gasteiger partial charge in [-0.25, -0.2) is 4.98 Å². The molecule has 0 amide bonds. The maximum Gasteiger partial charge on any atom is 0.225 e. The molecule has 33 heavy (non-hydrogen) atoms. The van der Waals surface area contributed by atoms with Gasteiger partial charge in [0.15, 0.2) is 5.11 Å². The number of aromatic nitrogens is 2. The number of thiocarbonyl (C=S) groups is 1. The Kier molecular flexibility index (Phi) is 7.34. The van der Waals surface area contributed by atoms with Crippen molar-refractivity contribution in [3.05, 3.63) is 52.0 Å². The molecular weight excluding hydrogens is 496 g/mol. The summed E-state index contributed by atoms with van der Waals surface area (Å²) in [5.74, 6) is 1.64. The first-order valence-corrected chi connectivity index (χ1v) is 12.5. The van der Waals surface area contributed by atoms with Crippen LogP contribution in [0.5, 0.6) is 0 Å². The first-order chi connectivity index (χ1) is 15.8. The van der Waals surface area contributed by atoms with Crippen LogP contribution in [-0.2, 0) is 0 Å². The smallest absolute Gasteiger partial charge is 0.225 e. The fourth-order valence-corrected chi connectivity index (χ4v) is 5.43. The minimum absolute atomic E-state index is 0.358. The van der Waals surface area contributed by atoms with E-state index in [4.69, 9.17) is 22.2 Å². The van der Waals surface area contributed by atoms with Crippen molar-refractivity contribution in [1.29, 1.82) is 0 Å². The van der Waals surface area contributed by atoms with Crippen molar-refractivity contribution >= 4 is 61.6 Å². The number of hydrogen-bond donors (Lipinski definition) is 3. The average Bonchev–Trinajstić information content (AvgIpc) is 2.77. The second-order valence-electron chi connectivity index (χ2n) is 8.99. The van der Waals surface area contributed by atoms with Gasteiger partial charge in [0, 0.05) is 41.7 Å². The number of halogens is 1. The molecule has 1 aliphatic carbocycles. The highest BCUT2D eigenvalue weighted by atomic mass is 79.9. The van der Waals surface area contributed by atoms with Crippen LogP contribution in [0.25, 0.3) is 10.9 Å². The molecule has 8 heteroatoms. The van der Waals surface area contributed by atoms with Crippen molar-refractivity contribution in [1.82, 2.24) is 15.3 Å². The summed E-state index contributed by atoms with van der Waals surface area (Å²) in [6, 6.07) is 13.1. The molecule has 1 aliphatic rings. The van der Waals surface area contributed by atoms with Crippen LogP contribution in [0.2, 0.25) is 0 Å². The molecule has 2 aromatic carbocycles. The van der Waals surface area contributed by atoms with Crippen LogP contribution >= 0.6 is 28.1 Å². The molecular formula is C25H31BrN6S. The summed E-state index contributed by atoms with van der Waals surface area (Å²) in [7, 11) is 4.03. The molecule has 6 nitrogen and oxygen atoms in total. The molecule has 0 radical (unpaired) electrons. The molecule has 0 spiro atoms. The lowest BCUT2D eigenvalue weighted by Gasteiger charge is -2.31. The van der Waals surface area contributed by atoms with E-state index >= 15 is 0 Å². The van der Waals surface area contributed by atoms with Crippen molar-refractivity contribution in [2.24, 2.45) is 0 Å². The van der Waals surface area contributed by atoms with E-state index in [9.17, 15) is 0 Å². The Hall–Kier alpha value is -2.45. The van der Waals surface area contributed by atoms with Gasteiger partial charge in [-0.2, -0.15) is 4.98 Å². The van der Waals surface area contributed by atoms with E-state index in [0.717, 1.165) is 52.6 Å². The predicted octanol–water partition coefficient (Wildman–Crippen LogP) is 5.78. The number of aryl methyl sites for hydroxylation is 2. The van der Waals surface area contributed by atoms with Crippen LogP contribution in [0.4, 0.5) is 17.5 Å². The van der Waals surface area contributed by atoms with Crippen LogP contribution in [-0.4, -0.2) is 41.3 Å². The van der Waals surface area contributed by atoms with Crippen LogP contribution in [0, 0.1) is 13.8 Å². The molecule has 0 atom stereocenters. The minimum atomic E-state index is 0.358. The van der Waals surface area contributed by atoms with E-state index in [0.29, 0.717) is 23.1 Å². The number of fused-ring (bicyclic) bond motifs is 1. The molecule has 1 fully saturated rings. The van der Waals surface area contributed by atoms with Gasteiger partial charge in [0.05, 0.1) is 5.52 Å². The lowest BCUT2D eigenvalue weighted by atomic mass is 9.91. The first-order valence-electron chi connectivity index (χ1n) is 11.3. The van der Waals surface area contributed by atoms with Gasteiger partial charge in [-0.15, -0.1) is 0 Å². The molecule has 3 N–H and O–H groups in total. The van der Waals surface area contributed by atoms with Crippen molar-refractivity contribution in [3.8, 4) is 0 Å². The maximum atomic E-state index is 5.61. The Balaban J connectivity index is 1.34. The summed E-state index contributed by atoms with van der Waals surface area (Å²) in [6.45, 7) is 4.19. The summed E-state index contributed by atoms with van der Waals surface area (Å²) < 4.78 is 1.08. The van der Waals surface area contributed by atoms with Gasteiger partial charge < -0.3 is 20.9 Å². The predicted molar refractivity (Wildman–Crippen MR) is 147 cm³/mol. The SMILES string of the molecule is Cc1cc(Br)cc(C)c1NC(=S)N[C@H]1CC[C@@H](Nc2nc(N(C)C)c3ccccc3n2)CC1. The fraction of sp³-hybridized carbons (Fsp3) is 0.400. The van der Waals surface area contributed by atoms with Gasteiger partial charge in [0.25, 0.3) is 0 Å². The number of nitrogens with one attached hydrogen (secondary N) is 3. The van der Waals surface area contributed by atoms with Gasteiger partial charge in [0.2, 0.25) is 5.95 Å². The van der Waals surface area contributed by atoms with Gasteiger partial charge in [0.1, 0.15) is 5.82 Å². The van der Waals surface area contributed by atoms with E-state index in [-0.39, 0.29) is 0 Å². The third-order valence-electron chi connectivity index (χ3n) is 6.14. The van der Waals surface area contributed by atoms with Crippen LogP contribution in [0.1, 0.15) is 36.8 Å². The molecule has 4 rings (SSSR count). The number of nitrogens with zero attached hydrogens (tertiary/aromatic N) is 3. The molecule has 0 aliphatic heterocycles.